The maximum atomic E-state index is 11.9. The average molecular weight is 284 g/mol. The maximum Gasteiger partial charge on any atom is 0.161 e. The fraction of sp³-hybridized carbons (Fsp3) is 0.529. The lowest BCUT2D eigenvalue weighted by Crippen LogP contribution is -2.53. The second-order valence-corrected chi connectivity index (χ2v) is 5.85. The molecule has 1 heterocycles. The average Bonchev–Trinajstić information content (AvgIpc) is 2.53. The molecule has 0 bridgehead atoms. The molecule has 0 aromatic heterocycles. The molecule has 2 unspecified atom stereocenters. The third-order valence-corrected chi connectivity index (χ3v) is 4.55. The first-order valence-corrected chi connectivity index (χ1v) is 7.64. The summed E-state index contributed by atoms with van der Waals surface area (Å²) >= 11 is 0. The van der Waals surface area contributed by atoms with E-state index in [0.717, 1.165) is 25.1 Å². The van der Waals surface area contributed by atoms with Crippen molar-refractivity contribution < 1.29 is 9.53 Å². The van der Waals surface area contributed by atoms with Crippen molar-refractivity contribution in [2.75, 3.05) is 18.1 Å². The summed E-state index contributed by atoms with van der Waals surface area (Å²) in [7, 11) is 0. The second kappa shape index (κ2) is 5.87. The molecule has 4 nitrogen and oxygen atoms in total. The number of nitriles is 1. The zero-order valence-electron chi connectivity index (χ0n) is 12.3. The fourth-order valence-corrected chi connectivity index (χ4v) is 3.53. The Morgan fingerprint density at radius 1 is 1.38 bits per heavy atom. The van der Waals surface area contributed by atoms with E-state index in [1.165, 1.54) is 12.8 Å². The number of Topliss-reactive ketones (excluding diaryl/α,β-unsaturated/α-hetero) is 1. The highest BCUT2D eigenvalue weighted by Gasteiger charge is 2.35. The molecule has 1 aromatic rings. The number of ether oxygens (including phenoxy) is 1. The van der Waals surface area contributed by atoms with Gasteiger partial charge in [-0.3, -0.25) is 4.79 Å². The van der Waals surface area contributed by atoms with E-state index >= 15 is 0 Å². The summed E-state index contributed by atoms with van der Waals surface area (Å²) < 4.78 is 5.90. The van der Waals surface area contributed by atoms with Gasteiger partial charge < -0.3 is 9.64 Å². The number of benzene rings is 1. The Morgan fingerprint density at radius 2 is 2.19 bits per heavy atom. The van der Waals surface area contributed by atoms with Crippen LogP contribution in [0.15, 0.2) is 18.2 Å². The van der Waals surface area contributed by atoms with Crippen LogP contribution in [0.3, 0.4) is 0 Å². The Morgan fingerprint density at radius 3 is 2.95 bits per heavy atom. The first kappa shape index (κ1) is 14.1. The van der Waals surface area contributed by atoms with Crippen molar-refractivity contribution in [2.45, 2.75) is 44.8 Å². The van der Waals surface area contributed by atoms with Gasteiger partial charge in [0.25, 0.3) is 0 Å². The van der Waals surface area contributed by atoms with Crippen LogP contribution in [-0.4, -0.2) is 31.1 Å². The van der Waals surface area contributed by atoms with Crippen LogP contribution in [0, 0.1) is 11.3 Å². The summed E-state index contributed by atoms with van der Waals surface area (Å²) in [5, 5.41) is 9.14. The number of fused-ring (bicyclic) bond motifs is 1. The fourth-order valence-electron chi connectivity index (χ4n) is 3.53. The van der Waals surface area contributed by atoms with E-state index in [9.17, 15) is 4.79 Å². The predicted octanol–water partition coefficient (Wildman–Crippen LogP) is 2.91. The number of carbonyl (C=O) groups excluding carboxylic acids is 1. The van der Waals surface area contributed by atoms with Crippen LogP contribution < -0.4 is 4.90 Å². The highest BCUT2D eigenvalue weighted by molar-refractivity contribution is 6.00. The molecule has 110 valence electrons. The van der Waals surface area contributed by atoms with E-state index in [2.05, 4.69) is 11.0 Å². The maximum absolute atomic E-state index is 11.9. The Hall–Kier alpha value is -1.86. The van der Waals surface area contributed by atoms with Gasteiger partial charge in [-0.25, -0.2) is 0 Å². The number of nitrogens with zero attached hydrogens (tertiary/aromatic N) is 2. The summed E-state index contributed by atoms with van der Waals surface area (Å²) in [6, 6.07) is 7.87. The molecule has 3 rings (SSSR count). The first-order valence-electron chi connectivity index (χ1n) is 7.64. The predicted molar refractivity (Wildman–Crippen MR) is 80.5 cm³/mol. The minimum Gasteiger partial charge on any atom is -0.374 e. The van der Waals surface area contributed by atoms with Crippen molar-refractivity contribution in [3.05, 3.63) is 29.3 Å². The lowest BCUT2D eigenvalue weighted by molar-refractivity contribution is -0.00873. The molecular weight excluding hydrogens is 264 g/mol. The van der Waals surface area contributed by atoms with E-state index in [-0.39, 0.29) is 11.9 Å². The Bertz CT molecular complexity index is 589. The van der Waals surface area contributed by atoms with E-state index in [4.69, 9.17) is 10.00 Å². The molecule has 0 N–H and O–H groups in total. The minimum atomic E-state index is 0.0494. The zero-order chi connectivity index (χ0) is 14.8. The van der Waals surface area contributed by atoms with Crippen molar-refractivity contribution in [1.82, 2.24) is 0 Å². The summed E-state index contributed by atoms with van der Waals surface area (Å²) in [6.45, 7) is 3.06. The normalized spacial score (nSPS) is 25.0. The van der Waals surface area contributed by atoms with Gasteiger partial charge in [0.05, 0.1) is 30.4 Å². The largest absolute Gasteiger partial charge is 0.374 e. The molecule has 1 aliphatic carbocycles. The molecule has 1 aromatic carbocycles. The van der Waals surface area contributed by atoms with Gasteiger partial charge in [0.2, 0.25) is 0 Å². The van der Waals surface area contributed by atoms with Gasteiger partial charge in [0, 0.05) is 17.8 Å². The van der Waals surface area contributed by atoms with Crippen LogP contribution in [0.1, 0.15) is 48.5 Å². The number of carbonyl (C=O) groups is 1. The van der Waals surface area contributed by atoms with Crippen LogP contribution in [0.2, 0.25) is 0 Å². The topological polar surface area (TPSA) is 53.3 Å². The van der Waals surface area contributed by atoms with Gasteiger partial charge in [-0.2, -0.15) is 5.26 Å². The molecule has 2 aliphatic rings. The molecule has 1 saturated heterocycles. The number of hydrogen-bond donors (Lipinski definition) is 0. The number of anilines is 1. The van der Waals surface area contributed by atoms with Crippen LogP contribution in [0.5, 0.6) is 0 Å². The Balaban J connectivity index is 2.01. The second-order valence-electron chi connectivity index (χ2n) is 5.85. The van der Waals surface area contributed by atoms with Crippen LogP contribution >= 0.6 is 0 Å². The lowest BCUT2D eigenvalue weighted by Gasteiger charge is -2.45. The smallest absolute Gasteiger partial charge is 0.161 e. The third-order valence-electron chi connectivity index (χ3n) is 4.55. The van der Waals surface area contributed by atoms with Crippen molar-refractivity contribution in [3.63, 3.8) is 0 Å². The van der Waals surface area contributed by atoms with Gasteiger partial charge >= 0.3 is 0 Å². The van der Waals surface area contributed by atoms with Crippen LogP contribution in [-0.2, 0) is 4.74 Å². The summed E-state index contributed by atoms with van der Waals surface area (Å²) in [5.74, 6) is 0.0494. The number of hydrogen-bond acceptors (Lipinski definition) is 4. The van der Waals surface area contributed by atoms with Crippen molar-refractivity contribution in [3.8, 4) is 6.07 Å². The first-order chi connectivity index (χ1) is 10.2. The van der Waals surface area contributed by atoms with Crippen LogP contribution in [0.4, 0.5) is 5.69 Å². The number of rotatable bonds is 2. The SMILES string of the molecule is CC(=O)c1ccc(C#N)cc1N1CCOC2CCCCC21. The van der Waals surface area contributed by atoms with Crippen molar-refractivity contribution >= 4 is 11.5 Å². The minimum absolute atomic E-state index is 0.0494. The highest BCUT2D eigenvalue weighted by atomic mass is 16.5. The van der Waals surface area contributed by atoms with Gasteiger partial charge in [0.15, 0.2) is 5.78 Å². The lowest BCUT2D eigenvalue weighted by atomic mass is 9.89. The Kier molecular flexibility index (Phi) is 3.94. The van der Waals surface area contributed by atoms with Crippen LogP contribution in [0.25, 0.3) is 0 Å². The molecule has 0 radical (unpaired) electrons. The number of morpholine rings is 1. The van der Waals surface area contributed by atoms with Gasteiger partial charge in [-0.15, -0.1) is 0 Å². The molecule has 0 spiro atoms. The van der Waals surface area contributed by atoms with E-state index in [1.54, 1.807) is 19.1 Å². The molecule has 4 heteroatoms. The molecule has 21 heavy (non-hydrogen) atoms. The van der Waals surface area contributed by atoms with Crippen molar-refractivity contribution in [1.29, 1.82) is 5.26 Å². The Labute approximate surface area is 125 Å². The van der Waals surface area contributed by atoms with Gasteiger partial charge in [-0.05, 0) is 38.0 Å². The summed E-state index contributed by atoms with van der Waals surface area (Å²) in [6.07, 6.45) is 4.87. The standard InChI is InChI=1S/C17H20N2O2/c1-12(20)14-7-6-13(11-18)10-16(14)19-8-9-21-17-5-3-2-4-15(17)19/h6-7,10,15,17H,2-5,8-9H2,1H3. The zero-order valence-corrected chi connectivity index (χ0v) is 12.3. The highest BCUT2D eigenvalue weighted by Crippen LogP contribution is 2.34. The van der Waals surface area contributed by atoms with Crippen molar-refractivity contribution in [2.24, 2.45) is 0 Å². The molecule has 2 atom stereocenters. The monoisotopic (exact) mass is 284 g/mol. The molecule has 1 aliphatic heterocycles. The van der Waals surface area contributed by atoms with Gasteiger partial charge in [-0.1, -0.05) is 12.8 Å². The number of ketones is 1. The molecule has 2 fully saturated rings. The third kappa shape index (κ3) is 2.66. The van der Waals surface area contributed by atoms with E-state index in [1.807, 2.05) is 6.07 Å². The van der Waals surface area contributed by atoms with E-state index < -0.39 is 0 Å². The van der Waals surface area contributed by atoms with Gasteiger partial charge in [0.1, 0.15) is 0 Å². The molecule has 0 amide bonds. The summed E-state index contributed by atoms with van der Waals surface area (Å²) in [4.78, 5) is 14.2. The molecular formula is C17H20N2O2. The molecule has 1 saturated carbocycles. The summed E-state index contributed by atoms with van der Waals surface area (Å²) in [5.41, 5.74) is 2.22. The quantitative estimate of drug-likeness (QED) is 0.784. The van der Waals surface area contributed by atoms with E-state index in [0.29, 0.717) is 23.8 Å².